The van der Waals surface area contributed by atoms with Crippen molar-refractivity contribution in [2.24, 2.45) is 0 Å². The number of methoxy groups -OCH3 is 2. The summed E-state index contributed by atoms with van der Waals surface area (Å²) in [6.45, 7) is 0. The predicted molar refractivity (Wildman–Crippen MR) is 92.8 cm³/mol. The van der Waals surface area contributed by atoms with Crippen LogP contribution in [0.2, 0.25) is 0 Å². The molecule has 0 unspecified atom stereocenters. The number of carbonyl (C=O) groups excluding carboxylic acids is 2. The molecule has 9 heteroatoms. The first-order chi connectivity index (χ1) is 11.9. The highest BCUT2D eigenvalue weighted by Crippen LogP contribution is 2.21. The van der Waals surface area contributed by atoms with Gasteiger partial charge in [0.2, 0.25) is 0 Å². The summed E-state index contributed by atoms with van der Waals surface area (Å²) in [5.41, 5.74) is 12.7. The number of nitrogen functional groups attached to an aromatic ring is 2. The molecule has 2 aromatic rings. The maximum atomic E-state index is 11.6. The lowest BCUT2D eigenvalue weighted by Crippen LogP contribution is -2.13. The lowest BCUT2D eigenvalue weighted by molar-refractivity contribution is 0.0592. The summed E-state index contributed by atoms with van der Waals surface area (Å²) in [4.78, 5) is 23.1. The van der Waals surface area contributed by atoms with Gasteiger partial charge in [0.15, 0.2) is 0 Å². The van der Waals surface area contributed by atoms with E-state index in [1.807, 2.05) is 0 Å². The molecule has 4 N–H and O–H groups in total. The Bertz CT molecular complexity index is 731. The molecule has 0 amide bonds. The van der Waals surface area contributed by atoms with Crippen LogP contribution in [0.5, 0.6) is 11.5 Å². The number of hydrogen-bond donors (Lipinski definition) is 2. The molecule has 25 heavy (non-hydrogen) atoms. The van der Waals surface area contributed by atoms with Crippen LogP contribution in [0.4, 0.5) is 11.4 Å². The molecule has 2 aromatic carbocycles. The molecule has 2 rings (SSSR count). The average molecular weight is 344 g/mol. The smallest absolute Gasteiger partial charge is 0.528 e. The summed E-state index contributed by atoms with van der Waals surface area (Å²) >= 11 is 0. The normalized spacial score (nSPS) is 9.84. The van der Waals surface area contributed by atoms with E-state index in [4.69, 9.17) is 20.8 Å². The maximum Gasteiger partial charge on any atom is 0.576 e. The van der Waals surface area contributed by atoms with Crippen LogP contribution in [-0.4, -0.2) is 33.8 Å². The monoisotopic (exact) mass is 344 g/mol. The summed E-state index contributed by atoms with van der Waals surface area (Å²) in [7, 11) is 2.36. The SMILES string of the molecule is COC(=O)c1cc(N)cc(OBOc2cc(N)cc(C(=O)OC)c2)c1. The lowest BCUT2D eigenvalue weighted by Gasteiger charge is -2.11. The Morgan fingerprint density at radius 3 is 1.52 bits per heavy atom. The Kier molecular flexibility index (Phi) is 5.73. The van der Waals surface area contributed by atoms with Crippen LogP contribution in [0.25, 0.3) is 0 Å². The molecule has 0 heterocycles. The van der Waals surface area contributed by atoms with E-state index >= 15 is 0 Å². The van der Waals surface area contributed by atoms with Crippen molar-refractivity contribution in [3.05, 3.63) is 47.5 Å². The molecule has 0 spiro atoms. The van der Waals surface area contributed by atoms with Crippen LogP contribution in [0.3, 0.4) is 0 Å². The number of ether oxygens (including phenoxy) is 2. The standard InChI is InChI=1S/C16H17BN2O6/c1-22-15(20)9-3-11(18)7-13(5-9)24-17-25-14-6-10(16(21)23-2)4-12(19)8-14/h3-8,17H,18-19H2,1-2H3. The average Bonchev–Trinajstić information content (AvgIpc) is 2.59. The fourth-order valence-corrected chi connectivity index (χ4v) is 2.05. The molecular weight excluding hydrogens is 327 g/mol. The van der Waals surface area contributed by atoms with Crippen LogP contribution >= 0.6 is 0 Å². The molecule has 0 saturated heterocycles. The molecule has 130 valence electrons. The molecule has 0 fully saturated rings. The summed E-state index contributed by atoms with van der Waals surface area (Å²) < 4.78 is 20.1. The number of hydrogen-bond acceptors (Lipinski definition) is 8. The number of carbonyl (C=O) groups is 2. The van der Waals surface area contributed by atoms with Crippen molar-refractivity contribution < 1.29 is 28.4 Å². The van der Waals surface area contributed by atoms with Crippen molar-refractivity contribution in [2.45, 2.75) is 0 Å². The number of esters is 2. The van der Waals surface area contributed by atoms with Gasteiger partial charge in [-0.1, -0.05) is 0 Å². The van der Waals surface area contributed by atoms with Crippen molar-refractivity contribution in [1.29, 1.82) is 0 Å². The van der Waals surface area contributed by atoms with Gasteiger partial charge in [0.1, 0.15) is 11.5 Å². The summed E-state index contributed by atoms with van der Waals surface area (Å²) in [6, 6.07) is 8.97. The molecular formula is C16H17BN2O6. The van der Waals surface area contributed by atoms with E-state index < -0.39 is 11.9 Å². The first-order valence-electron chi connectivity index (χ1n) is 7.16. The van der Waals surface area contributed by atoms with Crippen molar-refractivity contribution in [3.8, 4) is 11.5 Å². The highest BCUT2D eigenvalue weighted by molar-refractivity contribution is 6.20. The van der Waals surface area contributed by atoms with Crippen LogP contribution in [0.15, 0.2) is 36.4 Å². The first kappa shape index (κ1) is 18.0. The Labute approximate surface area is 144 Å². The highest BCUT2D eigenvalue weighted by atomic mass is 16.6. The van der Waals surface area contributed by atoms with Gasteiger partial charge >= 0.3 is 19.6 Å². The van der Waals surface area contributed by atoms with Gasteiger partial charge in [-0.25, -0.2) is 9.59 Å². The second-order valence-electron chi connectivity index (χ2n) is 4.97. The van der Waals surface area contributed by atoms with E-state index in [2.05, 4.69) is 9.47 Å². The number of benzene rings is 2. The zero-order valence-electron chi connectivity index (χ0n) is 13.8. The Morgan fingerprint density at radius 1 is 0.760 bits per heavy atom. The molecule has 0 aliphatic heterocycles. The predicted octanol–water partition coefficient (Wildman–Crippen LogP) is 1.15. The van der Waals surface area contributed by atoms with Crippen LogP contribution in [0.1, 0.15) is 20.7 Å². The number of anilines is 2. The van der Waals surface area contributed by atoms with E-state index in [1.54, 1.807) is 0 Å². The van der Waals surface area contributed by atoms with E-state index in [0.29, 0.717) is 22.9 Å². The maximum absolute atomic E-state index is 11.6. The number of rotatable bonds is 6. The lowest BCUT2D eigenvalue weighted by atomic mass is 10.1. The Hall–Kier alpha value is -3.36. The molecule has 8 nitrogen and oxygen atoms in total. The number of nitrogens with two attached hydrogens (primary N) is 2. The van der Waals surface area contributed by atoms with E-state index in [-0.39, 0.29) is 18.8 Å². The molecule has 0 aliphatic rings. The van der Waals surface area contributed by atoms with Crippen LogP contribution in [0, 0.1) is 0 Å². The second kappa shape index (κ2) is 7.96. The summed E-state index contributed by atoms with van der Waals surface area (Å²) in [5.74, 6) is -0.400. The third kappa shape index (κ3) is 4.81. The third-order valence-corrected chi connectivity index (χ3v) is 3.15. The molecule has 0 atom stereocenters. The van der Waals surface area contributed by atoms with Crippen molar-refractivity contribution >= 4 is 31.0 Å². The molecule has 0 bridgehead atoms. The van der Waals surface area contributed by atoms with Crippen LogP contribution in [-0.2, 0) is 9.47 Å². The van der Waals surface area contributed by atoms with Gasteiger partial charge in [0, 0.05) is 23.5 Å². The van der Waals surface area contributed by atoms with E-state index in [9.17, 15) is 9.59 Å². The van der Waals surface area contributed by atoms with Gasteiger partial charge in [-0.3, -0.25) is 0 Å². The highest BCUT2D eigenvalue weighted by Gasteiger charge is 2.11. The van der Waals surface area contributed by atoms with Crippen molar-refractivity contribution in [3.63, 3.8) is 0 Å². The first-order valence-corrected chi connectivity index (χ1v) is 7.16. The van der Waals surface area contributed by atoms with Crippen molar-refractivity contribution in [2.75, 3.05) is 25.7 Å². The van der Waals surface area contributed by atoms with Gasteiger partial charge in [-0.05, 0) is 24.3 Å². The van der Waals surface area contributed by atoms with Crippen molar-refractivity contribution in [1.82, 2.24) is 0 Å². The quantitative estimate of drug-likeness (QED) is 0.454. The minimum absolute atomic E-state index is 0.186. The zero-order valence-corrected chi connectivity index (χ0v) is 13.8. The minimum atomic E-state index is -0.531. The van der Waals surface area contributed by atoms with Crippen LogP contribution < -0.4 is 20.8 Å². The Morgan fingerprint density at radius 2 is 1.16 bits per heavy atom. The molecule has 0 saturated carbocycles. The zero-order chi connectivity index (χ0) is 18.4. The van der Waals surface area contributed by atoms with Gasteiger partial charge < -0.3 is 30.2 Å². The minimum Gasteiger partial charge on any atom is -0.528 e. The molecule has 0 aliphatic carbocycles. The summed E-state index contributed by atoms with van der Waals surface area (Å²) in [5, 5.41) is 0. The fraction of sp³-hybridized carbons (Fsp3) is 0.125. The van der Waals surface area contributed by atoms with Gasteiger partial charge in [0.05, 0.1) is 25.3 Å². The molecule has 0 radical (unpaired) electrons. The van der Waals surface area contributed by atoms with Gasteiger partial charge in [-0.15, -0.1) is 0 Å². The molecule has 0 aromatic heterocycles. The second-order valence-corrected chi connectivity index (χ2v) is 4.97. The topological polar surface area (TPSA) is 123 Å². The van der Waals surface area contributed by atoms with Gasteiger partial charge in [-0.2, -0.15) is 0 Å². The Balaban J connectivity index is 2.06. The largest absolute Gasteiger partial charge is 0.576 e. The summed E-state index contributed by atoms with van der Waals surface area (Å²) in [6.07, 6.45) is 0. The fourth-order valence-electron chi connectivity index (χ4n) is 2.05. The van der Waals surface area contributed by atoms with E-state index in [1.165, 1.54) is 50.6 Å². The van der Waals surface area contributed by atoms with E-state index in [0.717, 1.165) is 0 Å². The van der Waals surface area contributed by atoms with Gasteiger partial charge in [0.25, 0.3) is 0 Å². The third-order valence-electron chi connectivity index (χ3n) is 3.15.